The number of nitrogens with zero attached hydrogens (tertiary/aromatic N) is 2. The smallest absolute Gasteiger partial charge is 0.235 e. The van der Waals surface area contributed by atoms with Crippen LogP contribution in [-0.2, 0) is 9.59 Å². The molecule has 1 saturated heterocycles. The molecule has 1 aliphatic carbocycles. The van der Waals surface area contributed by atoms with Gasteiger partial charge in [0, 0.05) is 13.1 Å². The number of nitriles is 1. The van der Waals surface area contributed by atoms with E-state index in [1.807, 2.05) is 0 Å². The fraction of sp³-hybridized carbons (Fsp3) is 0.750. The van der Waals surface area contributed by atoms with E-state index in [9.17, 15) is 9.59 Å². The molecular weight excluding hydrogens is 232 g/mol. The number of carbonyl (C=O) groups excluding carboxylic acids is 2. The quantitative estimate of drug-likeness (QED) is 0.686. The third-order valence-corrected chi connectivity index (χ3v) is 3.51. The molecule has 1 saturated carbocycles. The average molecular weight is 250 g/mol. The van der Waals surface area contributed by atoms with Crippen LogP contribution in [0.1, 0.15) is 19.8 Å². The maximum absolute atomic E-state index is 11.9. The van der Waals surface area contributed by atoms with Crippen molar-refractivity contribution in [1.82, 2.24) is 15.5 Å². The van der Waals surface area contributed by atoms with Gasteiger partial charge in [-0.25, -0.2) is 0 Å². The van der Waals surface area contributed by atoms with Gasteiger partial charge >= 0.3 is 0 Å². The molecule has 0 aromatic heterocycles. The first-order valence-corrected chi connectivity index (χ1v) is 6.25. The van der Waals surface area contributed by atoms with Crippen molar-refractivity contribution in [3.63, 3.8) is 0 Å². The van der Waals surface area contributed by atoms with Crippen molar-refractivity contribution >= 4 is 11.8 Å². The highest BCUT2D eigenvalue weighted by atomic mass is 16.2. The van der Waals surface area contributed by atoms with Crippen molar-refractivity contribution in [2.45, 2.75) is 25.3 Å². The van der Waals surface area contributed by atoms with E-state index in [4.69, 9.17) is 5.26 Å². The van der Waals surface area contributed by atoms with Gasteiger partial charge in [0.25, 0.3) is 0 Å². The minimum atomic E-state index is -0.755. The Morgan fingerprint density at radius 1 is 1.67 bits per heavy atom. The van der Waals surface area contributed by atoms with Crippen LogP contribution in [0.15, 0.2) is 0 Å². The van der Waals surface area contributed by atoms with Crippen LogP contribution in [0.2, 0.25) is 0 Å². The molecule has 2 N–H and O–H groups in total. The molecule has 2 aliphatic rings. The van der Waals surface area contributed by atoms with E-state index in [0.29, 0.717) is 13.1 Å². The Hall–Kier alpha value is -1.61. The van der Waals surface area contributed by atoms with Gasteiger partial charge in [-0.3, -0.25) is 14.5 Å². The molecular formula is C12H18N4O2. The van der Waals surface area contributed by atoms with Crippen molar-refractivity contribution in [2.24, 2.45) is 5.92 Å². The van der Waals surface area contributed by atoms with E-state index < -0.39 is 5.54 Å². The lowest BCUT2D eigenvalue weighted by Gasteiger charge is -2.28. The summed E-state index contributed by atoms with van der Waals surface area (Å²) in [5.41, 5.74) is -0.755. The van der Waals surface area contributed by atoms with Gasteiger partial charge in [-0.1, -0.05) is 0 Å². The summed E-state index contributed by atoms with van der Waals surface area (Å²) in [7, 11) is 0. The Bertz CT molecular complexity index is 399. The lowest BCUT2D eigenvalue weighted by atomic mass is 9.98. The second-order valence-corrected chi connectivity index (χ2v) is 5.20. The Labute approximate surface area is 106 Å². The largest absolute Gasteiger partial charge is 0.354 e. The molecule has 18 heavy (non-hydrogen) atoms. The summed E-state index contributed by atoms with van der Waals surface area (Å²) in [4.78, 5) is 24.9. The van der Waals surface area contributed by atoms with Crippen molar-refractivity contribution in [1.29, 1.82) is 5.26 Å². The summed E-state index contributed by atoms with van der Waals surface area (Å²) in [6.07, 6.45) is 1.99. The lowest BCUT2D eigenvalue weighted by molar-refractivity contribution is -0.127. The van der Waals surface area contributed by atoms with E-state index >= 15 is 0 Å². The zero-order valence-corrected chi connectivity index (χ0v) is 10.5. The maximum atomic E-state index is 11.9. The molecule has 0 aromatic rings. The molecule has 6 nitrogen and oxygen atoms in total. The van der Waals surface area contributed by atoms with E-state index in [1.54, 1.807) is 11.8 Å². The summed E-state index contributed by atoms with van der Waals surface area (Å²) in [6.45, 7) is 3.44. The van der Waals surface area contributed by atoms with Crippen LogP contribution in [-0.4, -0.2) is 48.4 Å². The van der Waals surface area contributed by atoms with Gasteiger partial charge in [-0.2, -0.15) is 5.26 Å². The number of hydrogen-bond acceptors (Lipinski definition) is 4. The number of nitrogens with one attached hydrogen (secondary N) is 2. The number of rotatable bonds is 4. The number of amides is 2. The third-order valence-electron chi connectivity index (χ3n) is 3.51. The van der Waals surface area contributed by atoms with Crippen molar-refractivity contribution in [2.75, 3.05) is 26.2 Å². The minimum Gasteiger partial charge on any atom is -0.354 e. The maximum Gasteiger partial charge on any atom is 0.235 e. The van der Waals surface area contributed by atoms with Gasteiger partial charge in [-0.15, -0.1) is 0 Å². The van der Waals surface area contributed by atoms with Crippen LogP contribution in [0.3, 0.4) is 0 Å². The SMILES string of the molecule is CC(C#N)(NC(=O)CN1CCNC(=O)C1)C1CC1. The average Bonchev–Trinajstić information content (AvgIpc) is 3.12. The summed E-state index contributed by atoms with van der Waals surface area (Å²) in [5, 5.41) is 14.7. The first kappa shape index (κ1) is 12.8. The van der Waals surface area contributed by atoms with E-state index in [1.165, 1.54) is 0 Å². The normalized spacial score (nSPS) is 23.7. The van der Waals surface area contributed by atoms with Gasteiger partial charge in [0.1, 0.15) is 5.54 Å². The molecule has 0 radical (unpaired) electrons. The molecule has 2 fully saturated rings. The number of carbonyl (C=O) groups is 2. The summed E-state index contributed by atoms with van der Waals surface area (Å²) in [6, 6.07) is 2.19. The van der Waals surface area contributed by atoms with Crippen molar-refractivity contribution in [3.8, 4) is 6.07 Å². The molecule has 0 aromatic carbocycles. The highest BCUT2D eigenvalue weighted by molar-refractivity contribution is 5.82. The van der Waals surface area contributed by atoms with Crippen LogP contribution in [0.5, 0.6) is 0 Å². The van der Waals surface area contributed by atoms with Gasteiger partial charge in [0.2, 0.25) is 11.8 Å². The molecule has 1 heterocycles. The Morgan fingerprint density at radius 3 is 2.94 bits per heavy atom. The van der Waals surface area contributed by atoms with Crippen molar-refractivity contribution < 1.29 is 9.59 Å². The van der Waals surface area contributed by atoms with Gasteiger partial charge in [-0.05, 0) is 25.7 Å². The van der Waals surface area contributed by atoms with E-state index in [-0.39, 0.29) is 30.8 Å². The molecule has 0 spiro atoms. The second kappa shape index (κ2) is 4.94. The van der Waals surface area contributed by atoms with Gasteiger partial charge < -0.3 is 10.6 Å². The summed E-state index contributed by atoms with van der Waals surface area (Å²) in [5.74, 6) is 0.0380. The first-order valence-electron chi connectivity index (χ1n) is 6.25. The fourth-order valence-corrected chi connectivity index (χ4v) is 2.24. The number of piperazine rings is 1. The Morgan fingerprint density at radius 2 is 2.39 bits per heavy atom. The zero-order chi connectivity index (χ0) is 13.2. The second-order valence-electron chi connectivity index (χ2n) is 5.20. The Kier molecular flexibility index (Phi) is 3.53. The molecule has 6 heteroatoms. The topological polar surface area (TPSA) is 85.2 Å². The monoisotopic (exact) mass is 250 g/mol. The minimum absolute atomic E-state index is 0.0562. The lowest BCUT2D eigenvalue weighted by Crippen LogP contribution is -2.54. The molecule has 1 atom stereocenters. The van der Waals surface area contributed by atoms with Gasteiger partial charge in [0.05, 0.1) is 19.2 Å². The van der Waals surface area contributed by atoms with E-state index in [0.717, 1.165) is 12.8 Å². The van der Waals surface area contributed by atoms with Gasteiger partial charge in [0.15, 0.2) is 0 Å². The summed E-state index contributed by atoms with van der Waals surface area (Å²) >= 11 is 0. The standard InChI is InChI=1S/C12H18N4O2/c1-12(8-13,9-2-3-9)15-11(18)7-16-5-4-14-10(17)6-16/h9H,2-7H2,1H3,(H,14,17)(H,15,18). The fourth-order valence-electron chi connectivity index (χ4n) is 2.24. The predicted molar refractivity (Wildman–Crippen MR) is 64.3 cm³/mol. The molecule has 1 aliphatic heterocycles. The molecule has 0 bridgehead atoms. The molecule has 2 amide bonds. The highest BCUT2D eigenvalue weighted by Crippen LogP contribution is 2.39. The molecule has 2 rings (SSSR count). The zero-order valence-electron chi connectivity index (χ0n) is 10.5. The molecule has 98 valence electrons. The Balaban J connectivity index is 1.84. The number of hydrogen-bond donors (Lipinski definition) is 2. The first-order chi connectivity index (χ1) is 8.53. The van der Waals surface area contributed by atoms with Crippen LogP contribution < -0.4 is 10.6 Å². The van der Waals surface area contributed by atoms with Crippen LogP contribution in [0.4, 0.5) is 0 Å². The highest BCUT2D eigenvalue weighted by Gasteiger charge is 2.43. The predicted octanol–water partition coefficient (Wildman–Crippen LogP) is -0.773. The summed E-state index contributed by atoms with van der Waals surface area (Å²) < 4.78 is 0. The van der Waals surface area contributed by atoms with Crippen LogP contribution >= 0.6 is 0 Å². The van der Waals surface area contributed by atoms with E-state index in [2.05, 4.69) is 16.7 Å². The molecule has 1 unspecified atom stereocenters. The van der Waals surface area contributed by atoms with Crippen molar-refractivity contribution in [3.05, 3.63) is 0 Å². The van der Waals surface area contributed by atoms with Crippen LogP contribution in [0.25, 0.3) is 0 Å². The third kappa shape index (κ3) is 2.99. The van der Waals surface area contributed by atoms with Crippen LogP contribution in [0, 0.1) is 17.2 Å².